The molecule has 5 nitrogen and oxygen atoms in total. The van der Waals surface area contributed by atoms with Gasteiger partial charge in [0, 0.05) is 37.3 Å². The van der Waals surface area contributed by atoms with Crippen LogP contribution in [0.1, 0.15) is 96.0 Å². The minimum Gasteiger partial charge on any atom is -0.314 e. The number of likely N-dealkylation sites (tertiary alicyclic amines) is 1. The maximum atomic E-state index is 11.0. The van der Waals surface area contributed by atoms with Crippen LogP contribution in [0.4, 0.5) is 5.69 Å². The zero-order valence-corrected chi connectivity index (χ0v) is 19.6. The molecule has 1 saturated carbocycles. The Labute approximate surface area is 189 Å². The number of nitro groups is 1. The molecule has 1 aliphatic carbocycles. The van der Waals surface area contributed by atoms with Crippen LogP contribution in [-0.2, 0) is 6.54 Å². The number of hydrogen-bond acceptors (Lipinski definition) is 4. The molecule has 1 aromatic carbocycles. The van der Waals surface area contributed by atoms with Gasteiger partial charge in [0.05, 0.1) is 4.92 Å². The molecule has 2 aliphatic rings. The quantitative estimate of drug-likeness (QED) is 0.235. The lowest BCUT2D eigenvalue weighted by atomic mass is 9.78. The van der Waals surface area contributed by atoms with Crippen molar-refractivity contribution in [3.63, 3.8) is 0 Å². The molecule has 1 N–H and O–H groups in total. The summed E-state index contributed by atoms with van der Waals surface area (Å²) >= 11 is 0. The normalized spacial score (nSPS) is 23.1. The van der Waals surface area contributed by atoms with Crippen molar-refractivity contribution in [2.24, 2.45) is 5.92 Å². The number of hydrogen-bond donors (Lipinski definition) is 1. The average Bonchev–Trinajstić information content (AvgIpc) is 2.80. The summed E-state index contributed by atoms with van der Waals surface area (Å²) < 4.78 is 0. The van der Waals surface area contributed by atoms with Crippen molar-refractivity contribution in [1.29, 1.82) is 0 Å². The van der Waals surface area contributed by atoms with Gasteiger partial charge in [-0.2, -0.15) is 0 Å². The predicted octanol–water partition coefficient (Wildman–Crippen LogP) is 6.46. The molecule has 0 amide bonds. The van der Waals surface area contributed by atoms with Gasteiger partial charge in [-0.15, -0.1) is 0 Å². The molecule has 2 atom stereocenters. The molecule has 1 aliphatic heterocycles. The van der Waals surface area contributed by atoms with E-state index in [1.54, 1.807) is 12.1 Å². The zero-order valence-electron chi connectivity index (χ0n) is 19.6. The van der Waals surface area contributed by atoms with Crippen LogP contribution in [0.5, 0.6) is 0 Å². The fourth-order valence-electron chi connectivity index (χ4n) is 5.61. The second-order valence-electron chi connectivity index (χ2n) is 9.80. The van der Waals surface area contributed by atoms with Crippen molar-refractivity contribution in [2.75, 3.05) is 13.1 Å². The Balaban J connectivity index is 1.51. The van der Waals surface area contributed by atoms with Gasteiger partial charge in [0.2, 0.25) is 0 Å². The summed E-state index contributed by atoms with van der Waals surface area (Å²) in [5.74, 6) is 0.811. The van der Waals surface area contributed by atoms with Crippen molar-refractivity contribution < 1.29 is 4.92 Å². The topological polar surface area (TPSA) is 58.4 Å². The summed E-state index contributed by atoms with van der Waals surface area (Å²) in [4.78, 5) is 13.3. The van der Waals surface area contributed by atoms with Gasteiger partial charge in [0.15, 0.2) is 0 Å². The molecular weight excluding hydrogens is 386 g/mol. The maximum absolute atomic E-state index is 11.0. The van der Waals surface area contributed by atoms with Gasteiger partial charge in [0.25, 0.3) is 5.69 Å². The Morgan fingerprint density at radius 2 is 1.71 bits per heavy atom. The van der Waals surface area contributed by atoms with E-state index >= 15 is 0 Å². The third-order valence-electron chi connectivity index (χ3n) is 7.45. The van der Waals surface area contributed by atoms with Crippen molar-refractivity contribution in [2.45, 2.75) is 109 Å². The number of unbranched alkanes of at least 4 members (excludes halogenated alkanes) is 5. The fraction of sp³-hybridized carbons (Fsp3) is 0.769. The second-order valence-corrected chi connectivity index (χ2v) is 9.80. The standard InChI is InChI=1S/C26H43N3O2/c1-2-3-4-5-6-10-18-27-24-17-19-28(26(20-24)23-11-8-7-9-12-23)21-22-13-15-25(16-14-22)29(30)31/h13-16,23-24,26-27H,2-12,17-21H2,1H3. The van der Waals surface area contributed by atoms with Gasteiger partial charge in [-0.3, -0.25) is 15.0 Å². The Morgan fingerprint density at radius 1 is 1.00 bits per heavy atom. The largest absolute Gasteiger partial charge is 0.314 e. The third kappa shape index (κ3) is 7.87. The first-order chi connectivity index (χ1) is 15.2. The van der Waals surface area contributed by atoms with Crippen LogP contribution < -0.4 is 5.32 Å². The molecule has 31 heavy (non-hydrogen) atoms. The van der Waals surface area contributed by atoms with Gasteiger partial charge in [-0.25, -0.2) is 0 Å². The smallest absolute Gasteiger partial charge is 0.269 e. The van der Waals surface area contributed by atoms with Crippen molar-refractivity contribution >= 4 is 5.69 Å². The van der Waals surface area contributed by atoms with E-state index in [-0.39, 0.29) is 10.6 Å². The molecular formula is C26H43N3O2. The summed E-state index contributed by atoms with van der Waals surface area (Å²) in [5, 5.41) is 14.8. The number of nitrogens with zero attached hydrogens (tertiary/aromatic N) is 2. The van der Waals surface area contributed by atoms with Gasteiger partial charge < -0.3 is 5.32 Å². The number of nitrogens with one attached hydrogen (secondary N) is 1. The van der Waals surface area contributed by atoms with E-state index in [1.807, 2.05) is 12.1 Å². The first kappa shape index (κ1) is 24.2. The van der Waals surface area contributed by atoms with Crippen LogP contribution >= 0.6 is 0 Å². The Kier molecular flexibility index (Phi) is 10.3. The highest BCUT2D eigenvalue weighted by atomic mass is 16.6. The van der Waals surface area contributed by atoms with Gasteiger partial charge in [-0.05, 0) is 50.1 Å². The first-order valence-electron chi connectivity index (χ1n) is 12.9. The highest BCUT2D eigenvalue weighted by molar-refractivity contribution is 5.32. The molecule has 5 heteroatoms. The lowest BCUT2D eigenvalue weighted by Gasteiger charge is -2.45. The van der Waals surface area contributed by atoms with E-state index < -0.39 is 0 Å². The SMILES string of the molecule is CCCCCCCCNC1CCN(Cc2ccc([N+](=O)[O-])cc2)C(C2CCCCC2)C1. The highest BCUT2D eigenvalue weighted by Gasteiger charge is 2.34. The van der Waals surface area contributed by atoms with Crippen LogP contribution in [0.2, 0.25) is 0 Å². The minimum atomic E-state index is -0.310. The van der Waals surface area contributed by atoms with Crippen LogP contribution in [0.25, 0.3) is 0 Å². The van der Waals surface area contributed by atoms with Crippen LogP contribution in [0, 0.1) is 16.0 Å². The van der Waals surface area contributed by atoms with Gasteiger partial charge in [-0.1, -0.05) is 70.4 Å². The summed E-state index contributed by atoms with van der Waals surface area (Å²) in [7, 11) is 0. The van der Waals surface area contributed by atoms with E-state index in [4.69, 9.17) is 0 Å². The summed E-state index contributed by atoms with van der Waals surface area (Å²) in [6.07, 6.45) is 17.5. The van der Waals surface area contributed by atoms with E-state index in [0.717, 1.165) is 25.6 Å². The Morgan fingerprint density at radius 3 is 2.42 bits per heavy atom. The summed E-state index contributed by atoms with van der Waals surface area (Å²) in [6.45, 7) is 5.49. The molecule has 2 unspecified atom stereocenters. The maximum Gasteiger partial charge on any atom is 0.269 e. The molecule has 1 aromatic rings. The average molecular weight is 430 g/mol. The minimum absolute atomic E-state index is 0.185. The van der Waals surface area contributed by atoms with Crippen molar-refractivity contribution in [3.8, 4) is 0 Å². The van der Waals surface area contributed by atoms with Crippen LogP contribution in [-0.4, -0.2) is 35.0 Å². The predicted molar refractivity (Wildman–Crippen MR) is 128 cm³/mol. The molecule has 2 fully saturated rings. The first-order valence-corrected chi connectivity index (χ1v) is 12.9. The lowest BCUT2D eigenvalue weighted by Crippen LogP contribution is -2.51. The van der Waals surface area contributed by atoms with Gasteiger partial charge >= 0.3 is 0 Å². The molecule has 174 valence electrons. The second kappa shape index (κ2) is 13.2. The van der Waals surface area contributed by atoms with Crippen molar-refractivity contribution in [3.05, 3.63) is 39.9 Å². The zero-order chi connectivity index (χ0) is 21.9. The lowest BCUT2D eigenvalue weighted by molar-refractivity contribution is -0.384. The third-order valence-corrected chi connectivity index (χ3v) is 7.45. The van der Waals surface area contributed by atoms with E-state index in [9.17, 15) is 10.1 Å². The Bertz CT molecular complexity index is 643. The molecule has 1 saturated heterocycles. The van der Waals surface area contributed by atoms with Crippen LogP contribution in [0.3, 0.4) is 0 Å². The van der Waals surface area contributed by atoms with Gasteiger partial charge in [0.1, 0.15) is 0 Å². The molecule has 0 spiro atoms. The van der Waals surface area contributed by atoms with E-state index in [1.165, 1.54) is 89.0 Å². The number of piperidine rings is 1. The van der Waals surface area contributed by atoms with E-state index in [0.29, 0.717) is 12.1 Å². The van der Waals surface area contributed by atoms with Crippen molar-refractivity contribution in [1.82, 2.24) is 10.2 Å². The number of nitro benzene ring substituents is 1. The van der Waals surface area contributed by atoms with Crippen LogP contribution in [0.15, 0.2) is 24.3 Å². The molecule has 3 rings (SSSR count). The highest BCUT2D eigenvalue weighted by Crippen LogP contribution is 2.34. The summed E-state index contributed by atoms with van der Waals surface area (Å²) in [5.41, 5.74) is 1.38. The molecule has 0 bridgehead atoms. The monoisotopic (exact) mass is 429 g/mol. The van der Waals surface area contributed by atoms with E-state index in [2.05, 4.69) is 17.1 Å². The molecule has 1 heterocycles. The number of benzene rings is 1. The molecule has 0 radical (unpaired) electrons. The number of non-ortho nitro benzene ring substituents is 1. The summed E-state index contributed by atoms with van der Waals surface area (Å²) in [6, 6.07) is 8.49. The number of rotatable bonds is 12. The Hall–Kier alpha value is -1.46. The molecule has 0 aromatic heterocycles. The fourth-order valence-corrected chi connectivity index (χ4v) is 5.61.